The second kappa shape index (κ2) is 4.96. The van der Waals surface area contributed by atoms with E-state index in [9.17, 15) is 8.42 Å². The van der Waals surface area contributed by atoms with E-state index in [-0.39, 0.29) is 4.90 Å². The fourth-order valence-electron chi connectivity index (χ4n) is 1.51. The zero-order valence-electron chi connectivity index (χ0n) is 9.59. The van der Waals surface area contributed by atoms with Crippen molar-refractivity contribution in [3.63, 3.8) is 0 Å². The summed E-state index contributed by atoms with van der Waals surface area (Å²) < 4.78 is 26.8. The predicted octanol–water partition coefficient (Wildman–Crippen LogP) is 2.84. The maximum absolute atomic E-state index is 12.2. The molecule has 0 saturated carbocycles. The normalized spacial score (nSPS) is 11.2. The molecule has 0 radical (unpaired) electrons. The summed E-state index contributed by atoms with van der Waals surface area (Å²) in [7, 11) is -3.64. The molecule has 0 bridgehead atoms. The summed E-state index contributed by atoms with van der Waals surface area (Å²) >= 11 is 5.92. The van der Waals surface area contributed by atoms with Crippen molar-refractivity contribution >= 4 is 27.3 Å². The lowest BCUT2D eigenvalue weighted by atomic mass is 10.2. The van der Waals surface area contributed by atoms with Gasteiger partial charge in [0.15, 0.2) is 0 Å². The topological polar surface area (TPSA) is 59.1 Å². The molecule has 94 valence electrons. The minimum Gasteiger partial charge on any atom is -0.278 e. The summed E-state index contributed by atoms with van der Waals surface area (Å²) in [6.45, 7) is 1.67. The Morgan fingerprint density at radius 3 is 2.67 bits per heavy atom. The van der Waals surface area contributed by atoms with E-state index < -0.39 is 10.0 Å². The Bertz CT molecular complexity index is 657. The minimum atomic E-state index is -3.64. The van der Waals surface area contributed by atoms with Crippen LogP contribution >= 0.6 is 11.6 Å². The molecule has 1 aromatic carbocycles. The maximum atomic E-state index is 12.2. The fraction of sp³-hybridized carbons (Fsp3) is 0.0833. The molecule has 0 atom stereocenters. The summed E-state index contributed by atoms with van der Waals surface area (Å²) in [5.74, 6) is 0. The van der Waals surface area contributed by atoms with Crippen LogP contribution in [0.4, 0.5) is 5.69 Å². The molecule has 1 aromatic heterocycles. The van der Waals surface area contributed by atoms with Crippen molar-refractivity contribution in [1.82, 2.24) is 4.98 Å². The first-order valence-electron chi connectivity index (χ1n) is 5.18. The highest BCUT2D eigenvalue weighted by Gasteiger charge is 2.18. The first kappa shape index (κ1) is 12.9. The molecular weight excluding hydrogens is 272 g/mol. The second-order valence-electron chi connectivity index (χ2n) is 3.71. The molecule has 4 nitrogen and oxygen atoms in total. The third-order valence-corrected chi connectivity index (χ3v) is 4.36. The molecule has 1 heterocycles. The molecule has 2 aromatic rings. The average Bonchev–Trinajstić information content (AvgIpc) is 2.33. The molecule has 0 amide bonds. The Morgan fingerprint density at radius 1 is 1.22 bits per heavy atom. The van der Waals surface area contributed by atoms with E-state index in [4.69, 9.17) is 11.6 Å². The van der Waals surface area contributed by atoms with Crippen LogP contribution in [0.3, 0.4) is 0 Å². The van der Waals surface area contributed by atoms with Crippen LogP contribution in [0.2, 0.25) is 5.02 Å². The van der Waals surface area contributed by atoms with Gasteiger partial charge in [-0.15, -0.1) is 0 Å². The number of rotatable bonds is 3. The molecular formula is C12H11ClN2O2S. The van der Waals surface area contributed by atoms with E-state index in [1.54, 1.807) is 37.4 Å². The summed E-state index contributed by atoms with van der Waals surface area (Å²) in [5, 5.41) is 0.420. The molecule has 0 spiro atoms. The van der Waals surface area contributed by atoms with Gasteiger partial charge in [0.2, 0.25) is 0 Å². The molecule has 6 heteroatoms. The van der Waals surface area contributed by atoms with Crippen molar-refractivity contribution < 1.29 is 8.42 Å². The molecule has 0 fully saturated rings. The first-order valence-corrected chi connectivity index (χ1v) is 7.05. The van der Waals surface area contributed by atoms with E-state index in [1.165, 1.54) is 12.3 Å². The molecule has 0 unspecified atom stereocenters. The quantitative estimate of drug-likeness (QED) is 0.942. The van der Waals surface area contributed by atoms with Crippen LogP contribution in [0.25, 0.3) is 0 Å². The predicted molar refractivity (Wildman–Crippen MR) is 71.2 cm³/mol. The summed E-state index contributed by atoms with van der Waals surface area (Å²) in [4.78, 5) is 4.02. The van der Waals surface area contributed by atoms with Crippen LogP contribution in [0.1, 0.15) is 5.56 Å². The van der Waals surface area contributed by atoms with E-state index in [2.05, 4.69) is 9.71 Å². The van der Waals surface area contributed by atoms with E-state index in [0.29, 0.717) is 16.3 Å². The van der Waals surface area contributed by atoms with Gasteiger partial charge in [-0.3, -0.25) is 9.71 Å². The van der Waals surface area contributed by atoms with Crippen molar-refractivity contribution in [2.45, 2.75) is 11.8 Å². The summed E-state index contributed by atoms with van der Waals surface area (Å²) in [6, 6.07) is 8.06. The number of nitrogens with one attached hydrogen (secondary N) is 1. The van der Waals surface area contributed by atoms with Gasteiger partial charge in [-0.05, 0) is 36.8 Å². The summed E-state index contributed by atoms with van der Waals surface area (Å²) in [6.07, 6.45) is 3.01. The van der Waals surface area contributed by atoms with Crippen LogP contribution < -0.4 is 4.72 Å². The van der Waals surface area contributed by atoms with Crippen molar-refractivity contribution in [2.24, 2.45) is 0 Å². The van der Waals surface area contributed by atoms with Crippen molar-refractivity contribution in [1.29, 1.82) is 0 Å². The Morgan fingerprint density at radius 2 is 2.00 bits per heavy atom. The number of hydrogen-bond donors (Lipinski definition) is 1. The van der Waals surface area contributed by atoms with Gasteiger partial charge in [-0.1, -0.05) is 17.7 Å². The van der Waals surface area contributed by atoms with E-state index in [1.807, 2.05) is 0 Å². The van der Waals surface area contributed by atoms with Gasteiger partial charge in [0.05, 0.1) is 16.8 Å². The number of nitrogens with zero attached hydrogens (tertiary/aromatic N) is 1. The van der Waals surface area contributed by atoms with Crippen molar-refractivity contribution in [3.8, 4) is 0 Å². The molecule has 18 heavy (non-hydrogen) atoms. The van der Waals surface area contributed by atoms with Gasteiger partial charge in [0.1, 0.15) is 0 Å². The van der Waals surface area contributed by atoms with Crippen LogP contribution in [0, 0.1) is 6.92 Å². The lowest BCUT2D eigenvalue weighted by Gasteiger charge is -2.10. The van der Waals surface area contributed by atoms with Crippen molar-refractivity contribution in [3.05, 3.63) is 53.3 Å². The lowest BCUT2D eigenvalue weighted by Crippen LogP contribution is -2.14. The molecule has 1 N–H and O–H groups in total. The van der Waals surface area contributed by atoms with E-state index >= 15 is 0 Å². The van der Waals surface area contributed by atoms with Gasteiger partial charge in [0.25, 0.3) is 10.0 Å². The monoisotopic (exact) mass is 282 g/mol. The lowest BCUT2D eigenvalue weighted by molar-refractivity contribution is 0.600. The SMILES string of the molecule is Cc1c(Cl)cccc1S(=O)(=O)Nc1cccnc1. The van der Waals surface area contributed by atoms with Crippen LogP contribution in [0.5, 0.6) is 0 Å². The Kier molecular flexibility index (Phi) is 3.54. The third-order valence-electron chi connectivity index (χ3n) is 2.42. The molecule has 0 aliphatic carbocycles. The zero-order valence-corrected chi connectivity index (χ0v) is 11.2. The van der Waals surface area contributed by atoms with Crippen LogP contribution in [-0.4, -0.2) is 13.4 Å². The van der Waals surface area contributed by atoms with Crippen molar-refractivity contribution in [2.75, 3.05) is 4.72 Å². The smallest absolute Gasteiger partial charge is 0.262 e. The van der Waals surface area contributed by atoms with Gasteiger partial charge >= 0.3 is 0 Å². The number of halogens is 1. The third kappa shape index (κ3) is 2.63. The Balaban J connectivity index is 2.41. The fourth-order valence-corrected chi connectivity index (χ4v) is 3.05. The number of anilines is 1. The number of benzene rings is 1. The van der Waals surface area contributed by atoms with Gasteiger partial charge < -0.3 is 0 Å². The zero-order chi connectivity index (χ0) is 13.2. The van der Waals surface area contributed by atoms with E-state index in [0.717, 1.165) is 0 Å². The number of aromatic nitrogens is 1. The van der Waals surface area contributed by atoms with Gasteiger partial charge in [-0.25, -0.2) is 8.42 Å². The molecule has 0 aliphatic heterocycles. The Labute approximate surface area is 111 Å². The maximum Gasteiger partial charge on any atom is 0.262 e. The largest absolute Gasteiger partial charge is 0.278 e. The molecule has 2 rings (SSSR count). The Hall–Kier alpha value is -1.59. The van der Waals surface area contributed by atoms with Gasteiger partial charge in [-0.2, -0.15) is 0 Å². The number of hydrogen-bond acceptors (Lipinski definition) is 3. The highest BCUT2D eigenvalue weighted by Crippen LogP contribution is 2.24. The molecule has 0 saturated heterocycles. The van der Waals surface area contributed by atoms with Crippen LogP contribution in [-0.2, 0) is 10.0 Å². The molecule has 0 aliphatic rings. The average molecular weight is 283 g/mol. The highest BCUT2D eigenvalue weighted by atomic mass is 35.5. The highest BCUT2D eigenvalue weighted by molar-refractivity contribution is 7.92. The standard InChI is InChI=1S/C12H11ClN2O2S/c1-9-11(13)5-2-6-12(9)18(16,17)15-10-4-3-7-14-8-10/h2-8,15H,1H3. The summed E-state index contributed by atoms with van der Waals surface area (Å²) in [5.41, 5.74) is 0.937. The number of sulfonamides is 1. The first-order chi connectivity index (χ1) is 8.50. The second-order valence-corrected chi connectivity index (χ2v) is 5.77. The minimum absolute atomic E-state index is 0.166. The number of pyridine rings is 1. The van der Waals surface area contributed by atoms with Crippen LogP contribution in [0.15, 0.2) is 47.6 Å². The van der Waals surface area contributed by atoms with Gasteiger partial charge in [0, 0.05) is 11.2 Å².